The molecule has 2 fully saturated rings. The van der Waals surface area contributed by atoms with Gasteiger partial charge in [0.25, 0.3) is 5.91 Å². The molecule has 5 nitrogen and oxygen atoms in total. The molecule has 2 aliphatic rings. The van der Waals surface area contributed by atoms with E-state index in [2.05, 4.69) is 5.32 Å². The Labute approximate surface area is 69.9 Å². The van der Waals surface area contributed by atoms with Gasteiger partial charge in [-0.1, -0.05) is 0 Å². The van der Waals surface area contributed by atoms with Crippen molar-refractivity contribution >= 4 is 11.9 Å². The summed E-state index contributed by atoms with van der Waals surface area (Å²) in [4.78, 5) is 22.4. The number of carbonyl (C=O) groups is 2. The SMILES string of the molecule is C[C@@]1(C2CC2)NC(=O)N(N)C1=O. The maximum atomic E-state index is 11.4. The molecule has 1 atom stereocenters. The van der Waals surface area contributed by atoms with Crippen LogP contribution in [0.25, 0.3) is 0 Å². The van der Waals surface area contributed by atoms with Crippen LogP contribution in [0.2, 0.25) is 0 Å². The zero-order chi connectivity index (χ0) is 8.93. The summed E-state index contributed by atoms with van der Waals surface area (Å²) in [5, 5.41) is 3.27. The van der Waals surface area contributed by atoms with Crippen LogP contribution < -0.4 is 11.2 Å². The number of rotatable bonds is 1. The molecule has 12 heavy (non-hydrogen) atoms. The van der Waals surface area contributed by atoms with Crippen LogP contribution in [0.5, 0.6) is 0 Å². The molecule has 1 aliphatic heterocycles. The van der Waals surface area contributed by atoms with E-state index >= 15 is 0 Å². The molecule has 0 aromatic rings. The van der Waals surface area contributed by atoms with Gasteiger partial charge in [0.15, 0.2) is 0 Å². The summed E-state index contributed by atoms with van der Waals surface area (Å²) in [7, 11) is 0. The van der Waals surface area contributed by atoms with Gasteiger partial charge >= 0.3 is 6.03 Å². The van der Waals surface area contributed by atoms with E-state index in [0.717, 1.165) is 12.8 Å². The zero-order valence-corrected chi connectivity index (χ0v) is 6.83. The van der Waals surface area contributed by atoms with Crippen LogP contribution in [0.15, 0.2) is 0 Å². The highest BCUT2D eigenvalue weighted by atomic mass is 16.2. The van der Waals surface area contributed by atoms with E-state index in [-0.39, 0.29) is 11.8 Å². The fourth-order valence-corrected chi connectivity index (χ4v) is 1.62. The molecular weight excluding hydrogens is 158 g/mol. The van der Waals surface area contributed by atoms with Crippen LogP contribution >= 0.6 is 0 Å². The van der Waals surface area contributed by atoms with Crippen molar-refractivity contribution in [3.63, 3.8) is 0 Å². The molecule has 3 amide bonds. The highest BCUT2D eigenvalue weighted by Gasteiger charge is 2.55. The van der Waals surface area contributed by atoms with E-state index in [1.165, 1.54) is 0 Å². The van der Waals surface area contributed by atoms with Gasteiger partial charge in [-0.25, -0.2) is 10.6 Å². The molecule has 1 aliphatic carbocycles. The van der Waals surface area contributed by atoms with E-state index in [1.54, 1.807) is 6.92 Å². The molecule has 0 unspecified atom stereocenters. The molecular formula is C7H11N3O2. The molecule has 0 radical (unpaired) electrons. The molecule has 66 valence electrons. The predicted octanol–water partition coefficient (Wildman–Crippen LogP) is -0.419. The van der Waals surface area contributed by atoms with E-state index < -0.39 is 11.6 Å². The van der Waals surface area contributed by atoms with Crippen molar-refractivity contribution in [2.45, 2.75) is 25.3 Å². The Morgan fingerprint density at radius 1 is 1.58 bits per heavy atom. The van der Waals surface area contributed by atoms with Gasteiger partial charge in [-0.15, -0.1) is 0 Å². The second-order valence-corrected chi connectivity index (χ2v) is 3.58. The van der Waals surface area contributed by atoms with E-state index in [9.17, 15) is 9.59 Å². The number of hydrazine groups is 1. The molecule has 1 heterocycles. The molecule has 1 saturated carbocycles. The predicted molar refractivity (Wildman–Crippen MR) is 40.7 cm³/mol. The maximum Gasteiger partial charge on any atom is 0.339 e. The van der Waals surface area contributed by atoms with Crippen LogP contribution in [0, 0.1) is 5.92 Å². The molecule has 3 N–H and O–H groups in total. The van der Waals surface area contributed by atoms with Gasteiger partial charge in [-0.2, -0.15) is 5.01 Å². The number of nitrogens with zero attached hydrogens (tertiary/aromatic N) is 1. The molecule has 1 saturated heterocycles. The topological polar surface area (TPSA) is 75.4 Å². The Kier molecular flexibility index (Phi) is 1.24. The van der Waals surface area contributed by atoms with Gasteiger partial charge in [0, 0.05) is 0 Å². The summed E-state index contributed by atoms with van der Waals surface area (Å²) in [6.45, 7) is 1.73. The van der Waals surface area contributed by atoms with Gasteiger partial charge in [0.05, 0.1) is 0 Å². The van der Waals surface area contributed by atoms with Crippen molar-refractivity contribution in [1.82, 2.24) is 10.3 Å². The fraction of sp³-hybridized carbons (Fsp3) is 0.714. The van der Waals surface area contributed by atoms with Crippen molar-refractivity contribution in [3.8, 4) is 0 Å². The Morgan fingerprint density at radius 3 is 2.50 bits per heavy atom. The Hall–Kier alpha value is -1.10. The number of hydrogen-bond donors (Lipinski definition) is 2. The highest BCUT2D eigenvalue weighted by molar-refractivity contribution is 6.06. The minimum atomic E-state index is -0.730. The van der Waals surface area contributed by atoms with Gasteiger partial charge in [0.2, 0.25) is 0 Å². The lowest BCUT2D eigenvalue weighted by atomic mass is 9.96. The molecule has 0 aromatic heterocycles. The third-order valence-corrected chi connectivity index (χ3v) is 2.64. The van der Waals surface area contributed by atoms with E-state index in [1.807, 2.05) is 0 Å². The molecule has 0 bridgehead atoms. The highest BCUT2D eigenvalue weighted by Crippen LogP contribution is 2.41. The van der Waals surface area contributed by atoms with Crippen molar-refractivity contribution in [1.29, 1.82) is 0 Å². The average molecular weight is 169 g/mol. The lowest BCUT2D eigenvalue weighted by Crippen LogP contribution is -2.46. The number of nitrogens with one attached hydrogen (secondary N) is 1. The van der Waals surface area contributed by atoms with E-state index in [0.29, 0.717) is 5.01 Å². The molecule has 0 aromatic carbocycles. The normalized spacial score (nSPS) is 35.7. The third-order valence-electron chi connectivity index (χ3n) is 2.64. The largest absolute Gasteiger partial charge is 0.339 e. The summed E-state index contributed by atoms with van der Waals surface area (Å²) in [6.07, 6.45) is 1.99. The minimum absolute atomic E-state index is 0.280. The minimum Gasteiger partial charge on any atom is -0.322 e. The molecule has 5 heteroatoms. The maximum absolute atomic E-state index is 11.4. The first-order valence-corrected chi connectivity index (χ1v) is 3.97. The van der Waals surface area contributed by atoms with Crippen LogP contribution in [-0.2, 0) is 4.79 Å². The second-order valence-electron chi connectivity index (χ2n) is 3.58. The summed E-state index contributed by atoms with van der Waals surface area (Å²) in [6, 6.07) is -0.491. The molecule has 0 spiro atoms. The lowest BCUT2D eigenvalue weighted by molar-refractivity contribution is -0.131. The van der Waals surface area contributed by atoms with Crippen LogP contribution in [0.3, 0.4) is 0 Å². The second kappa shape index (κ2) is 1.98. The first-order valence-electron chi connectivity index (χ1n) is 3.97. The fourth-order valence-electron chi connectivity index (χ4n) is 1.62. The molecule has 2 rings (SSSR count). The number of imide groups is 1. The summed E-state index contributed by atoms with van der Waals surface area (Å²) in [5.74, 6) is 5.20. The quantitative estimate of drug-likeness (QED) is 0.318. The summed E-state index contributed by atoms with van der Waals surface area (Å²) in [5.41, 5.74) is -0.730. The Bertz CT molecular complexity index is 261. The van der Waals surface area contributed by atoms with Gasteiger partial charge in [-0.05, 0) is 25.7 Å². The van der Waals surface area contributed by atoms with Crippen LogP contribution in [0.1, 0.15) is 19.8 Å². The monoisotopic (exact) mass is 169 g/mol. The van der Waals surface area contributed by atoms with Gasteiger partial charge in [0.1, 0.15) is 5.54 Å². The van der Waals surface area contributed by atoms with Gasteiger partial charge in [-0.3, -0.25) is 4.79 Å². The lowest BCUT2D eigenvalue weighted by Gasteiger charge is -2.19. The first-order chi connectivity index (χ1) is 5.55. The van der Waals surface area contributed by atoms with Crippen molar-refractivity contribution in [2.75, 3.05) is 0 Å². The van der Waals surface area contributed by atoms with Crippen molar-refractivity contribution < 1.29 is 9.59 Å². The number of amides is 3. The van der Waals surface area contributed by atoms with Crippen molar-refractivity contribution in [2.24, 2.45) is 11.8 Å². The summed E-state index contributed by atoms with van der Waals surface area (Å²) >= 11 is 0. The average Bonchev–Trinajstić information content (AvgIpc) is 2.80. The Balaban J connectivity index is 2.28. The smallest absolute Gasteiger partial charge is 0.322 e. The summed E-state index contributed by atoms with van der Waals surface area (Å²) < 4.78 is 0. The van der Waals surface area contributed by atoms with Crippen LogP contribution in [-0.4, -0.2) is 22.5 Å². The van der Waals surface area contributed by atoms with Gasteiger partial charge < -0.3 is 5.32 Å². The Morgan fingerprint density at radius 2 is 2.17 bits per heavy atom. The number of carbonyl (C=O) groups excluding carboxylic acids is 2. The number of urea groups is 1. The first kappa shape index (κ1) is 7.54. The zero-order valence-electron chi connectivity index (χ0n) is 6.83. The third kappa shape index (κ3) is 0.768. The number of nitrogens with two attached hydrogens (primary N) is 1. The van der Waals surface area contributed by atoms with Crippen LogP contribution in [0.4, 0.5) is 4.79 Å². The van der Waals surface area contributed by atoms with E-state index in [4.69, 9.17) is 5.84 Å². The van der Waals surface area contributed by atoms with Crippen molar-refractivity contribution in [3.05, 3.63) is 0 Å². The number of hydrogen-bond acceptors (Lipinski definition) is 3. The standard InChI is InChI=1S/C7H11N3O2/c1-7(4-2-3-4)5(11)10(8)6(12)9-7/h4H,2-3,8H2,1H3,(H,9,12)/t7-/m0/s1.